The second-order valence-electron chi connectivity index (χ2n) is 6.79. The highest BCUT2D eigenvalue weighted by Gasteiger charge is 2.18. The lowest BCUT2D eigenvalue weighted by Crippen LogP contribution is -2.23. The monoisotopic (exact) mass is 371 g/mol. The van der Waals surface area contributed by atoms with Crippen LogP contribution in [0.1, 0.15) is 46.2 Å². The Morgan fingerprint density at radius 2 is 1.81 bits per heavy atom. The quantitative estimate of drug-likeness (QED) is 0.699. The molecule has 0 aliphatic carbocycles. The van der Waals surface area contributed by atoms with Crippen LogP contribution in [0.5, 0.6) is 0 Å². The van der Waals surface area contributed by atoms with Gasteiger partial charge >= 0.3 is 5.97 Å². The molecule has 0 radical (unpaired) electrons. The minimum Gasteiger partial charge on any atom is -0.461 e. The van der Waals surface area contributed by atoms with Crippen LogP contribution < -0.4 is 10.2 Å². The molecule has 0 spiro atoms. The topological polar surface area (TPSA) is 74.4 Å². The zero-order chi connectivity index (χ0) is 20.0. The number of carbonyl (C=O) groups excluding carboxylic acids is 2. The Hall–Kier alpha value is -2.76. The molecule has 2 aromatic rings. The number of rotatable bonds is 8. The zero-order valence-electron chi connectivity index (χ0n) is 16.8. The predicted molar refractivity (Wildman–Crippen MR) is 107 cm³/mol. The molecule has 1 aromatic carbocycles. The normalized spacial score (nSPS) is 10.6. The molecule has 0 bridgehead atoms. The molecule has 1 aromatic heterocycles. The summed E-state index contributed by atoms with van der Waals surface area (Å²) in [5.41, 5.74) is 5.43. The van der Waals surface area contributed by atoms with Gasteiger partial charge in [-0.05, 0) is 56.0 Å². The second kappa shape index (κ2) is 9.26. The van der Waals surface area contributed by atoms with Gasteiger partial charge in [0.15, 0.2) is 0 Å². The number of aromatic amines is 1. The van der Waals surface area contributed by atoms with Crippen molar-refractivity contribution < 1.29 is 14.3 Å². The van der Waals surface area contributed by atoms with Crippen molar-refractivity contribution in [2.24, 2.45) is 0 Å². The minimum absolute atomic E-state index is 0.00984. The van der Waals surface area contributed by atoms with Crippen molar-refractivity contribution >= 4 is 17.6 Å². The van der Waals surface area contributed by atoms with Crippen LogP contribution in [0.25, 0.3) is 0 Å². The number of amides is 1. The van der Waals surface area contributed by atoms with Gasteiger partial charge in [-0.3, -0.25) is 4.79 Å². The number of carbonyl (C=O) groups is 2. The van der Waals surface area contributed by atoms with E-state index in [-0.39, 0.29) is 11.9 Å². The van der Waals surface area contributed by atoms with Gasteiger partial charge in [-0.2, -0.15) is 0 Å². The van der Waals surface area contributed by atoms with Crippen LogP contribution in [0.2, 0.25) is 0 Å². The molecule has 6 heteroatoms. The maximum atomic E-state index is 12.2. The highest BCUT2D eigenvalue weighted by atomic mass is 16.5. The van der Waals surface area contributed by atoms with Crippen molar-refractivity contribution in [3.05, 3.63) is 52.3 Å². The SMILES string of the molecule is CCOC(=O)c1[nH]c(C)c(CCC(=O)NCc2ccc(N(C)C)cc2)c1C. The van der Waals surface area contributed by atoms with Gasteiger partial charge < -0.3 is 19.9 Å². The summed E-state index contributed by atoms with van der Waals surface area (Å²) in [6, 6.07) is 8.10. The molecule has 27 heavy (non-hydrogen) atoms. The van der Waals surface area contributed by atoms with Crippen LogP contribution in [0.4, 0.5) is 5.69 Å². The van der Waals surface area contributed by atoms with Crippen LogP contribution in [-0.2, 0) is 22.5 Å². The number of aromatic nitrogens is 1. The molecule has 6 nitrogen and oxygen atoms in total. The lowest BCUT2D eigenvalue weighted by atomic mass is 10.0. The van der Waals surface area contributed by atoms with E-state index < -0.39 is 0 Å². The largest absolute Gasteiger partial charge is 0.461 e. The van der Waals surface area contributed by atoms with Gasteiger partial charge in [0.05, 0.1) is 6.61 Å². The third kappa shape index (κ3) is 5.36. The van der Waals surface area contributed by atoms with E-state index in [1.54, 1.807) is 6.92 Å². The van der Waals surface area contributed by atoms with Crippen molar-refractivity contribution in [3.63, 3.8) is 0 Å². The first-order valence-corrected chi connectivity index (χ1v) is 9.21. The smallest absolute Gasteiger partial charge is 0.355 e. The van der Waals surface area contributed by atoms with Gasteiger partial charge in [0.25, 0.3) is 0 Å². The summed E-state index contributed by atoms with van der Waals surface area (Å²) in [5.74, 6) is -0.362. The van der Waals surface area contributed by atoms with Gasteiger partial charge in [0.1, 0.15) is 5.69 Å². The number of hydrogen-bond donors (Lipinski definition) is 2. The summed E-state index contributed by atoms with van der Waals surface area (Å²) < 4.78 is 5.06. The first-order chi connectivity index (χ1) is 12.8. The maximum Gasteiger partial charge on any atom is 0.355 e. The minimum atomic E-state index is -0.352. The molecule has 0 aliphatic heterocycles. The van der Waals surface area contributed by atoms with Crippen LogP contribution in [0.3, 0.4) is 0 Å². The van der Waals surface area contributed by atoms with Gasteiger partial charge in [-0.15, -0.1) is 0 Å². The Balaban J connectivity index is 1.89. The number of anilines is 1. The number of hydrogen-bond acceptors (Lipinski definition) is 4. The Morgan fingerprint density at radius 3 is 2.41 bits per heavy atom. The fraction of sp³-hybridized carbons (Fsp3) is 0.429. The lowest BCUT2D eigenvalue weighted by Gasteiger charge is -2.13. The number of H-pyrrole nitrogens is 1. The summed E-state index contributed by atoms with van der Waals surface area (Å²) >= 11 is 0. The molecule has 0 aliphatic rings. The van der Waals surface area contributed by atoms with Crippen LogP contribution in [-0.4, -0.2) is 37.6 Å². The number of benzene rings is 1. The third-order valence-electron chi connectivity index (χ3n) is 4.62. The number of esters is 1. The number of nitrogens with one attached hydrogen (secondary N) is 2. The van der Waals surface area contributed by atoms with E-state index in [0.717, 1.165) is 28.1 Å². The molecular weight excluding hydrogens is 342 g/mol. The summed E-state index contributed by atoms with van der Waals surface area (Å²) in [7, 11) is 3.99. The van der Waals surface area contributed by atoms with E-state index in [1.807, 2.05) is 57.1 Å². The molecule has 2 rings (SSSR count). The highest BCUT2D eigenvalue weighted by molar-refractivity contribution is 5.90. The second-order valence-corrected chi connectivity index (χ2v) is 6.79. The van der Waals surface area contributed by atoms with Crippen molar-refractivity contribution in [2.75, 3.05) is 25.6 Å². The molecule has 146 valence electrons. The number of ether oxygens (including phenoxy) is 1. The van der Waals surface area contributed by atoms with E-state index in [4.69, 9.17) is 4.74 Å². The van der Waals surface area contributed by atoms with Gasteiger partial charge in [-0.25, -0.2) is 4.79 Å². The molecule has 1 heterocycles. The Labute approximate surface area is 160 Å². The van der Waals surface area contributed by atoms with Gasteiger partial charge in [-0.1, -0.05) is 12.1 Å². The molecule has 0 saturated heterocycles. The van der Waals surface area contributed by atoms with Crippen molar-refractivity contribution in [1.29, 1.82) is 0 Å². The Kier molecular flexibility index (Phi) is 7.05. The number of aryl methyl sites for hydroxylation is 1. The molecule has 0 saturated carbocycles. The van der Waals surface area contributed by atoms with E-state index in [1.165, 1.54) is 0 Å². The first-order valence-electron chi connectivity index (χ1n) is 9.21. The molecule has 0 unspecified atom stereocenters. The maximum absolute atomic E-state index is 12.2. The van der Waals surface area contributed by atoms with Crippen LogP contribution >= 0.6 is 0 Å². The average molecular weight is 371 g/mol. The standard InChI is InChI=1S/C21H29N3O3/c1-6-27-21(26)20-14(2)18(15(3)23-20)11-12-19(25)22-13-16-7-9-17(10-8-16)24(4)5/h7-10,23H,6,11-13H2,1-5H3,(H,22,25). The van der Waals surface area contributed by atoms with Gasteiger partial charge in [0, 0.05) is 38.4 Å². The zero-order valence-corrected chi connectivity index (χ0v) is 16.8. The summed E-state index contributed by atoms with van der Waals surface area (Å²) in [6.07, 6.45) is 0.955. The summed E-state index contributed by atoms with van der Waals surface area (Å²) in [6.45, 7) is 6.42. The van der Waals surface area contributed by atoms with Crippen molar-refractivity contribution in [3.8, 4) is 0 Å². The fourth-order valence-electron chi connectivity index (χ4n) is 3.01. The Bertz CT molecular complexity index is 792. The molecule has 1 amide bonds. The molecule has 0 atom stereocenters. The average Bonchev–Trinajstić information content (AvgIpc) is 2.92. The Morgan fingerprint density at radius 1 is 1.15 bits per heavy atom. The van der Waals surface area contributed by atoms with Crippen LogP contribution in [0.15, 0.2) is 24.3 Å². The summed E-state index contributed by atoms with van der Waals surface area (Å²) in [4.78, 5) is 29.3. The van der Waals surface area contributed by atoms with Crippen molar-refractivity contribution in [1.82, 2.24) is 10.3 Å². The van der Waals surface area contributed by atoms with E-state index >= 15 is 0 Å². The van der Waals surface area contributed by atoms with E-state index in [2.05, 4.69) is 10.3 Å². The number of nitrogens with zero attached hydrogens (tertiary/aromatic N) is 1. The summed E-state index contributed by atoms with van der Waals surface area (Å²) in [5, 5.41) is 2.95. The first kappa shape index (κ1) is 20.6. The van der Waals surface area contributed by atoms with E-state index in [0.29, 0.717) is 31.7 Å². The van der Waals surface area contributed by atoms with Crippen molar-refractivity contribution in [2.45, 2.75) is 40.2 Å². The van der Waals surface area contributed by atoms with Crippen LogP contribution in [0, 0.1) is 13.8 Å². The van der Waals surface area contributed by atoms with E-state index in [9.17, 15) is 9.59 Å². The van der Waals surface area contributed by atoms with Gasteiger partial charge in [0.2, 0.25) is 5.91 Å². The molecular formula is C21H29N3O3. The molecule has 0 fully saturated rings. The predicted octanol–water partition coefficient (Wildman–Crippen LogP) is 3.12. The molecule has 2 N–H and O–H groups in total. The lowest BCUT2D eigenvalue weighted by molar-refractivity contribution is -0.121. The fourth-order valence-corrected chi connectivity index (χ4v) is 3.01. The highest BCUT2D eigenvalue weighted by Crippen LogP contribution is 2.20. The third-order valence-corrected chi connectivity index (χ3v) is 4.62.